The van der Waals surface area contributed by atoms with E-state index in [2.05, 4.69) is 92.1 Å². The van der Waals surface area contributed by atoms with E-state index < -0.39 is 5.41 Å². The first-order chi connectivity index (χ1) is 33.7. The molecule has 71 heavy (non-hydrogen) atoms. The third-order valence-electron chi connectivity index (χ3n) is 18.2. The molecule has 2 aromatic heterocycles. The highest BCUT2D eigenvalue weighted by atomic mass is 35.5. The number of amides is 2. The van der Waals surface area contributed by atoms with E-state index in [0.29, 0.717) is 69.2 Å². The summed E-state index contributed by atoms with van der Waals surface area (Å²) in [6.45, 7) is 23.1. The molecule has 14 heteroatoms. The van der Waals surface area contributed by atoms with Crippen LogP contribution in [0, 0.1) is 53.8 Å². The van der Waals surface area contributed by atoms with Gasteiger partial charge in [-0.25, -0.2) is 0 Å². The second kappa shape index (κ2) is 19.6. The van der Waals surface area contributed by atoms with E-state index in [9.17, 15) is 19.5 Å². The van der Waals surface area contributed by atoms with E-state index >= 15 is 0 Å². The van der Waals surface area contributed by atoms with Gasteiger partial charge in [0, 0.05) is 57.3 Å². The first kappa shape index (κ1) is 51.2. The number of nitrogens with one attached hydrogen (secondary N) is 2. The van der Waals surface area contributed by atoms with Crippen molar-refractivity contribution < 1.29 is 33.7 Å². The highest BCUT2D eigenvalue weighted by Gasteiger charge is 2.67. The standard InChI is InChI=1S/C57H72ClN5O7S/c1-34-36(3)71-51-48(34)42(38-10-12-40(58)13-11-38)30-39(50-62-61-37(4)63(50)51)31-47(65)59-22-24-68-26-28-70-29-27-69-25-23-60-52(67)54(6)17-16-53(5)18-20-56(8)45-15-14-41-35(2)49(66)44(64)32-43(41)55(45,7)19-21-57(56,9)46(53)33-54/h10-15,30,32,39,46,66H,16-29,31,33H2,1-9H3,(H,59,65)(H,60,67)/t39-,46+,53+,54+,55-,56+,57-/m0/s1. The number of thiophene rings is 1. The lowest BCUT2D eigenvalue weighted by molar-refractivity contribution is -0.169. The largest absolute Gasteiger partial charge is 0.504 e. The van der Waals surface area contributed by atoms with Crippen LogP contribution in [0.2, 0.25) is 5.02 Å². The number of carbonyl (C=O) groups excluding carboxylic acids is 3. The fraction of sp³-hybridized carbons (Fsp3) is 0.561. The molecule has 0 spiro atoms. The number of hydrogen-bond donors (Lipinski definition) is 3. The average Bonchev–Trinajstić information content (AvgIpc) is 3.82. The molecule has 0 radical (unpaired) electrons. The van der Waals surface area contributed by atoms with Crippen molar-refractivity contribution in [3.05, 3.63) is 115 Å². The summed E-state index contributed by atoms with van der Waals surface area (Å²) in [5.74, 6) is 1.15. The summed E-state index contributed by atoms with van der Waals surface area (Å²) in [6.07, 6.45) is 15.4. The molecule has 5 aliphatic carbocycles. The van der Waals surface area contributed by atoms with E-state index in [1.807, 2.05) is 38.1 Å². The van der Waals surface area contributed by atoms with Gasteiger partial charge in [-0.15, -0.1) is 21.5 Å². The predicted molar refractivity (Wildman–Crippen MR) is 279 cm³/mol. The van der Waals surface area contributed by atoms with Crippen LogP contribution < -0.4 is 10.6 Å². The summed E-state index contributed by atoms with van der Waals surface area (Å²) in [7, 11) is 0. The minimum Gasteiger partial charge on any atom is -0.504 e. The van der Waals surface area contributed by atoms with Crippen LogP contribution in [0.3, 0.4) is 0 Å². The molecule has 7 atom stereocenters. The number of halogens is 1. The van der Waals surface area contributed by atoms with Crippen molar-refractivity contribution in [2.24, 2.45) is 33.0 Å². The predicted octanol–water partition coefficient (Wildman–Crippen LogP) is 10.7. The summed E-state index contributed by atoms with van der Waals surface area (Å²) in [5, 5.41) is 27.5. The number of aliphatic hydroxyl groups is 1. The van der Waals surface area contributed by atoms with Crippen molar-refractivity contribution in [2.45, 2.75) is 120 Å². The van der Waals surface area contributed by atoms with Crippen molar-refractivity contribution in [1.29, 1.82) is 0 Å². The third-order valence-corrected chi connectivity index (χ3v) is 19.7. The lowest BCUT2D eigenvalue weighted by Crippen LogP contribution is -2.62. The van der Waals surface area contributed by atoms with Gasteiger partial charge in [-0.2, -0.15) is 0 Å². The molecule has 1 aliphatic heterocycles. The van der Waals surface area contributed by atoms with Crippen LogP contribution in [-0.2, 0) is 28.6 Å². The molecule has 0 unspecified atom stereocenters. The summed E-state index contributed by atoms with van der Waals surface area (Å²) < 4.78 is 19.5. The molecule has 0 saturated heterocycles. The molecule has 380 valence electrons. The topological polar surface area (TPSA) is 154 Å². The van der Waals surface area contributed by atoms with Gasteiger partial charge < -0.3 is 30.0 Å². The van der Waals surface area contributed by atoms with E-state index in [1.54, 1.807) is 17.4 Å². The Hall–Kier alpha value is -4.66. The van der Waals surface area contributed by atoms with Crippen molar-refractivity contribution in [2.75, 3.05) is 52.7 Å². The van der Waals surface area contributed by atoms with Gasteiger partial charge in [0.15, 0.2) is 5.76 Å². The number of aromatic nitrogens is 3. The number of aliphatic hydroxyl groups excluding tert-OH is 1. The number of fused-ring (bicyclic) bond motifs is 10. The molecule has 9 rings (SSSR count). The number of carbonyl (C=O) groups is 3. The van der Waals surface area contributed by atoms with Crippen LogP contribution in [0.5, 0.6) is 0 Å². The van der Waals surface area contributed by atoms with Crippen LogP contribution in [-0.4, -0.2) is 90.2 Å². The van der Waals surface area contributed by atoms with Crippen LogP contribution in [0.4, 0.5) is 0 Å². The molecule has 1 aromatic carbocycles. The lowest BCUT2D eigenvalue weighted by atomic mass is 9.34. The Morgan fingerprint density at radius 2 is 1.49 bits per heavy atom. The minimum absolute atomic E-state index is 0.0227. The second-order valence-electron chi connectivity index (χ2n) is 22.4. The highest BCUT2D eigenvalue weighted by Crippen LogP contribution is 2.75. The Balaban J connectivity index is 0.689. The van der Waals surface area contributed by atoms with Gasteiger partial charge in [-0.05, 0) is 141 Å². The maximum absolute atomic E-state index is 14.0. The van der Waals surface area contributed by atoms with Gasteiger partial charge in [0.1, 0.15) is 16.6 Å². The molecule has 2 amide bonds. The fourth-order valence-corrected chi connectivity index (χ4v) is 14.9. The van der Waals surface area contributed by atoms with Crippen molar-refractivity contribution >= 4 is 46.1 Å². The molecular formula is C57H72ClN5O7S. The van der Waals surface area contributed by atoms with Crippen LogP contribution in [0.25, 0.3) is 10.6 Å². The minimum atomic E-state index is -0.479. The van der Waals surface area contributed by atoms with E-state index in [0.717, 1.165) is 89.4 Å². The van der Waals surface area contributed by atoms with Gasteiger partial charge in [-0.3, -0.25) is 19.0 Å². The van der Waals surface area contributed by atoms with E-state index in [4.69, 9.17) is 25.8 Å². The summed E-state index contributed by atoms with van der Waals surface area (Å²) in [5.41, 5.74) is 7.80. The first-order valence-electron chi connectivity index (χ1n) is 25.6. The molecule has 6 aliphatic rings. The summed E-state index contributed by atoms with van der Waals surface area (Å²) in [4.78, 5) is 41.5. The molecule has 0 bridgehead atoms. The molecule has 3 heterocycles. The maximum Gasteiger partial charge on any atom is 0.226 e. The number of ketones is 1. The Labute approximate surface area is 428 Å². The Kier molecular flexibility index (Phi) is 14.2. The Bertz CT molecular complexity index is 2780. The second-order valence-corrected chi connectivity index (χ2v) is 24.0. The summed E-state index contributed by atoms with van der Waals surface area (Å²) in [6, 6.07) is 7.83. The monoisotopic (exact) mass is 1010 g/mol. The molecular weight excluding hydrogens is 934 g/mol. The third kappa shape index (κ3) is 9.03. The van der Waals surface area contributed by atoms with E-state index in [-0.39, 0.29) is 57.4 Å². The highest BCUT2D eigenvalue weighted by molar-refractivity contribution is 7.15. The maximum atomic E-state index is 14.0. The fourth-order valence-electron chi connectivity index (χ4n) is 13.5. The zero-order valence-corrected chi connectivity index (χ0v) is 44.7. The van der Waals surface area contributed by atoms with Crippen molar-refractivity contribution in [1.82, 2.24) is 25.4 Å². The van der Waals surface area contributed by atoms with Crippen molar-refractivity contribution in [3.8, 4) is 5.00 Å². The zero-order valence-electron chi connectivity index (χ0n) is 43.1. The number of aryl methyl sites for hydroxylation is 2. The van der Waals surface area contributed by atoms with E-state index in [1.165, 1.54) is 16.0 Å². The molecule has 3 N–H and O–H groups in total. The first-order valence-corrected chi connectivity index (χ1v) is 26.8. The van der Waals surface area contributed by atoms with Gasteiger partial charge in [0.2, 0.25) is 17.6 Å². The van der Waals surface area contributed by atoms with Gasteiger partial charge >= 0.3 is 0 Å². The molecule has 3 saturated carbocycles. The number of rotatable bonds is 16. The van der Waals surface area contributed by atoms with Gasteiger partial charge in [0.25, 0.3) is 0 Å². The number of nitrogens with zero attached hydrogens (tertiary/aromatic N) is 3. The van der Waals surface area contributed by atoms with Crippen LogP contribution in [0.15, 0.2) is 76.6 Å². The van der Waals surface area contributed by atoms with Crippen molar-refractivity contribution in [3.63, 3.8) is 0 Å². The average molecular weight is 1010 g/mol. The Morgan fingerprint density at radius 3 is 2.20 bits per heavy atom. The number of allylic oxidation sites excluding steroid dienone is 8. The van der Waals surface area contributed by atoms with Gasteiger partial charge in [0.05, 0.1) is 39.6 Å². The van der Waals surface area contributed by atoms with Crippen LogP contribution in [0.1, 0.15) is 132 Å². The Morgan fingerprint density at radius 1 is 0.831 bits per heavy atom. The van der Waals surface area contributed by atoms with Gasteiger partial charge in [-0.1, -0.05) is 82.2 Å². The SMILES string of the molecule is CC1=C(O)C(=O)C=C2C1=CC=C1[C@@]2(C)CC[C@@]2(C)[C@@H]3C[C@](C)(C(=O)NCCOCCOCCOCCNC(=O)C[C@@H]4C=C(c5ccc(Cl)cc5)c5c(sc(C)c5C)-n5c(C)nnc54)CC[C@]3(C)CC[C@]12C. The number of benzene rings is 1. The lowest BCUT2D eigenvalue weighted by Gasteiger charge is -2.70. The smallest absolute Gasteiger partial charge is 0.226 e. The normalized spacial score (nSPS) is 29.7. The summed E-state index contributed by atoms with van der Waals surface area (Å²) >= 11 is 7.98. The molecule has 12 nitrogen and oxygen atoms in total. The van der Waals surface area contributed by atoms with Crippen LogP contribution >= 0.6 is 22.9 Å². The number of ether oxygens (including phenoxy) is 3. The molecule has 3 aromatic rings. The zero-order chi connectivity index (χ0) is 50.7. The number of hydrogen-bond acceptors (Lipinski definition) is 10. The quantitative estimate of drug-likeness (QED) is 0.119. The molecule has 3 fully saturated rings.